The lowest BCUT2D eigenvalue weighted by Crippen LogP contribution is -2.39. The fraction of sp³-hybridized carbons (Fsp3) is 0.312. The van der Waals surface area contributed by atoms with E-state index in [1.54, 1.807) is 45.0 Å². The molecule has 0 bridgehead atoms. The number of hydrogen-bond donors (Lipinski definition) is 2. The molecule has 0 aliphatic carbocycles. The van der Waals surface area contributed by atoms with E-state index in [9.17, 15) is 4.79 Å². The first-order valence-electron chi connectivity index (χ1n) is 7.53. The maximum absolute atomic E-state index is 11.8. The Morgan fingerprint density at radius 1 is 1.40 bits per heavy atom. The van der Waals surface area contributed by atoms with Crippen LogP contribution in [0.25, 0.3) is 5.57 Å². The van der Waals surface area contributed by atoms with Crippen LogP contribution in [0.4, 0.5) is 5.69 Å². The van der Waals surface area contributed by atoms with Crippen molar-refractivity contribution in [3.63, 3.8) is 0 Å². The second-order valence-electron chi connectivity index (χ2n) is 5.41. The third-order valence-electron chi connectivity index (χ3n) is 3.08. The van der Waals surface area contributed by atoms with Gasteiger partial charge in [0.15, 0.2) is 5.60 Å². The third kappa shape index (κ3) is 4.78. The number of rotatable bonds is 7. The molecule has 1 aromatic carbocycles. The minimum atomic E-state index is -1.09. The fourth-order valence-electron chi connectivity index (χ4n) is 1.84. The highest BCUT2D eigenvalue weighted by Crippen LogP contribution is 2.22. The summed E-state index contributed by atoms with van der Waals surface area (Å²) >= 11 is 0. The number of benzene rings is 1. The standard InChI is InChI=1S/C16H18N6O3/c1-4-24-15(23)16(2,3)25-13-7-5-12(6-8-13)18-10-11(9-17)14-19-21-22-20-14/h5-8,10,18H,4H2,1-3H3,(H,19,20,21,22). The number of nitriles is 1. The highest BCUT2D eigenvalue weighted by atomic mass is 16.6. The van der Waals surface area contributed by atoms with E-state index in [0.29, 0.717) is 12.4 Å². The Morgan fingerprint density at radius 2 is 2.12 bits per heavy atom. The molecule has 0 unspecified atom stereocenters. The first-order chi connectivity index (χ1) is 12.0. The number of H-pyrrole nitrogens is 1. The van der Waals surface area contributed by atoms with Crippen molar-refractivity contribution in [3.05, 3.63) is 36.3 Å². The predicted molar refractivity (Wildman–Crippen MR) is 89.2 cm³/mol. The van der Waals surface area contributed by atoms with Crippen LogP contribution in [0, 0.1) is 11.3 Å². The first-order valence-corrected chi connectivity index (χ1v) is 7.53. The average molecular weight is 342 g/mol. The molecule has 130 valence electrons. The predicted octanol–water partition coefficient (Wildman–Crippen LogP) is 1.90. The number of anilines is 1. The van der Waals surface area contributed by atoms with Crippen LogP contribution in [0.15, 0.2) is 30.5 Å². The zero-order chi connectivity index (χ0) is 18.3. The summed E-state index contributed by atoms with van der Waals surface area (Å²) < 4.78 is 10.7. The normalized spacial score (nSPS) is 11.5. The van der Waals surface area contributed by atoms with E-state index in [-0.39, 0.29) is 11.4 Å². The van der Waals surface area contributed by atoms with Crippen LogP contribution in [0.3, 0.4) is 0 Å². The number of aromatic nitrogens is 4. The lowest BCUT2D eigenvalue weighted by atomic mass is 10.1. The van der Waals surface area contributed by atoms with Gasteiger partial charge in [-0.3, -0.25) is 0 Å². The van der Waals surface area contributed by atoms with E-state index in [1.165, 1.54) is 6.20 Å². The Kier molecular flexibility index (Phi) is 5.68. The number of nitrogens with one attached hydrogen (secondary N) is 2. The topological polar surface area (TPSA) is 126 Å². The van der Waals surface area contributed by atoms with E-state index in [2.05, 4.69) is 25.9 Å². The minimum absolute atomic E-state index is 0.200. The molecule has 0 aliphatic rings. The molecule has 9 nitrogen and oxygen atoms in total. The first kappa shape index (κ1) is 17.9. The fourth-order valence-corrected chi connectivity index (χ4v) is 1.84. The Labute approximate surface area is 144 Å². The number of esters is 1. The van der Waals surface area contributed by atoms with Crippen molar-refractivity contribution in [1.82, 2.24) is 20.6 Å². The average Bonchev–Trinajstić information content (AvgIpc) is 3.11. The summed E-state index contributed by atoms with van der Waals surface area (Å²) in [5.41, 5.74) is -0.132. The van der Waals surface area contributed by atoms with Crippen molar-refractivity contribution in [3.8, 4) is 11.8 Å². The van der Waals surface area contributed by atoms with Crippen molar-refractivity contribution in [2.24, 2.45) is 0 Å². The van der Waals surface area contributed by atoms with E-state index in [0.717, 1.165) is 5.69 Å². The molecule has 2 aromatic rings. The number of carbonyl (C=O) groups excluding carboxylic acids is 1. The largest absolute Gasteiger partial charge is 0.476 e. The molecule has 2 rings (SSSR count). The Morgan fingerprint density at radius 3 is 2.68 bits per heavy atom. The second kappa shape index (κ2) is 7.92. The van der Waals surface area contributed by atoms with Gasteiger partial charge in [0, 0.05) is 11.9 Å². The number of nitrogens with zero attached hydrogens (tertiary/aromatic N) is 4. The van der Waals surface area contributed by atoms with Gasteiger partial charge in [0.1, 0.15) is 17.4 Å². The third-order valence-corrected chi connectivity index (χ3v) is 3.08. The number of hydrogen-bond acceptors (Lipinski definition) is 8. The summed E-state index contributed by atoms with van der Waals surface area (Å²) in [6.07, 6.45) is 1.48. The molecule has 0 saturated heterocycles. The van der Waals surface area contributed by atoms with Crippen molar-refractivity contribution in [1.29, 1.82) is 5.26 Å². The summed E-state index contributed by atoms with van der Waals surface area (Å²) in [6, 6.07) is 8.89. The summed E-state index contributed by atoms with van der Waals surface area (Å²) in [5.74, 6) is 0.288. The molecule has 0 fully saturated rings. The van der Waals surface area contributed by atoms with Gasteiger partial charge >= 0.3 is 5.97 Å². The van der Waals surface area contributed by atoms with Crippen LogP contribution in [0.2, 0.25) is 0 Å². The van der Waals surface area contributed by atoms with Gasteiger partial charge in [-0.15, -0.1) is 10.2 Å². The molecule has 0 radical (unpaired) electrons. The van der Waals surface area contributed by atoms with E-state index in [4.69, 9.17) is 14.7 Å². The van der Waals surface area contributed by atoms with Crippen molar-refractivity contribution in [2.45, 2.75) is 26.4 Å². The number of aromatic amines is 1. The van der Waals surface area contributed by atoms with Crippen LogP contribution in [0.1, 0.15) is 26.6 Å². The van der Waals surface area contributed by atoms with Crippen LogP contribution >= 0.6 is 0 Å². The molecule has 1 aromatic heterocycles. The number of allylic oxidation sites excluding steroid dienone is 1. The van der Waals surface area contributed by atoms with Gasteiger partial charge in [0.25, 0.3) is 0 Å². The molecular weight excluding hydrogens is 324 g/mol. The molecular formula is C16H18N6O3. The maximum Gasteiger partial charge on any atom is 0.349 e. The van der Waals surface area contributed by atoms with Crippen molar-refractivity contribution < 1.29 is 14.3 Å². The van der Waals surface area contributed by atoms with Crippen LogP contribution in [0.5, 0.6) is 5.75 Å². The smallest absolute Gasteiger partial charge is 0.349 e. The van der Waals surface area contributed by atoms with Gasteiger partial charge in [-0.25, -0.2) is 4.79 Å². The van der Waals surface area contributed by atoms with Crippen LogP contribution < -0.4 is 10.1 Å². The van der Waals surface area contributed by atoms with Gasteiger partial charge in [-0.1, -0.05) is 0 Å². The molecule has 0 amide bonds. The summed E-state index contributed by atoms with van der Waals surface area (Å²) in [4.78, 5) is 11.8. The van der Waals surface area contributed by atoms with E-state index < -0.39 is 11.6 Å². The number of ether oxygens (including phenoxy) is 2. The Bertz CT molecular complexity index is 775. The number of tetrazole rings is 1. The van der Waals surface area contributed by atoms with Gasteiger partial charge in [0.05, 0.1) is 6.61 Å². The Hall–Kier alpha value is -3.41. The molecule has 25 heavy (non-hydrogen) atoms. The quantitative estimate of drug-likeness (QED) is 0.577. The van der Waals surface area contributed by atoms with Crippen LogP contribution in [-0.4, -0.2) is 38.8 Å². The monoisotopic (exact) mass is 342 g/mol. The van der Waals surface area contributed by atoms with Crippen molar-refractivity contribution in [2.75, 3.05) is 11.9 Å². The summed E-state index contributed by atoms with van der Waals surface area (Å²) in [6.45, 7) is 5.32. The second-order valence-corrected chi connectivity index (χ2v) is 5.41. The lowest BCUT2D eigenvalue weighted by Gasteiger charge is -2.24. The SMILES string of the molecule is CCOC(=O)C(C)(C)Oc1ccc(NC=C(C#N)c2nn[nH]n2)cc1. The van der Waals surface area contributed by atoms with Gasteiger partial charge < -0.3 is 14.8 Å². The van der Waals surface area contributed by atoms with E-state index >= 15 is 0 Å². The lowest BCUT2D eigenvalue weighted by molar-refractivity contribution is -0.158. The molecule has 1 heterocycles. The molecule has 0 atom stereocenters. The number of carbonyl (C=O) groups is 1. The zero-order valence-corrected chi connectivity index (χ0v) is 14.1. The highest BCUT2D eigenvalue weighted by Gasteiger charge is 2.31. The molecule has 0 spiro atoms. The van der Waals surface area contributed by atoms with Crippen molar-refractivity contribution >= 4 is 17.2 Å². The summed E-state index contributed by atoms with van der Waals surface area (Å²) in [5, 5.41) is 25.2. The molecule has 9 heteroatoms. The maximum atomic E-state index is 11.8. The molecule has 2 N–H and O–H groups in total. The summed E-state index contributed by atoms with van der Waals surface area (Å²) in [7, 11) is 0. The molecule has 0 aliphatic heterocycles. The Balaban J connectivity index is 2.03. The van der Waals surface area contributed by atoms with Gasteiger partial charge in [-0.2, -0.15) is 10.5 Å². The highest BCUT2D eigenvalue weighted by molar-refractivity contribution is 5.79. The van der Waals surface area contributed by atoms with Gasteiger partial charge in [0.2, 0.25) is 5.82 Å². The van der Waals surface area contributed by atoms with Gasteiger partial charge in [-0.05, 0) is 50.3 Å². The van der Waals surface area contributed by atoms with E-state index in [1.807, 2.05) is 6.07 Å². The molecule has 0 saturated carbocycles. The van der Waals surface area contributed by atoms with Crippen LogP contribution in [-0.2, 0) is 9.53 Å². The minimum Gasteiger partial charge on any atom is -0.476 e. The zero-order valence-electron chi connectivity index (χ0n) is 14.1.